The summed E-state index contributed by atoms with van der Waals surface area (Å²) in [5.74, 6) is -0.438. The van der Waals surface area contributed by atoms with Crippen LogP contribution in [0.4, 0.5) is 23.2 Å². The van der Waals surface area contributed by atoms with Gasteiger partial charge < -0.3 is 10.1 Å². The smallest absolute Gasteiger partial charge is 0.435 e. The fourth-order valence-corrected chi connectivity index (χ4v) is 3.01. The average Bonchev–Trinajstić information content (AvgIpc) is 3.14. The molecule has 1 N–H and O–H groups in total. The molecule has 2 aromatic carbocycles. The molecule has 9 heteroatoms. The molecule has 0 bridgehead atoms. The standard InChI is InChI=1S/C19H13F4N3O2.C2H6/c1-10-6-12(20)3-4-14(10)26-15(8-17(25-26)19(21,22)23)11-2-5-16-13(7-11)24-18(27)9-28-16;1-2/h2-8H,9H2,1H3,(H,24,27);1-2H3. The number of benzene rings is 2. The number of alkyl halides is 3. The van der Waals surface area contributed by atoms with Crippen molar-refractivity contribution in [2.75, 3.05) is 11.9 Å². The van der Waals surface area contributed by atoms with Crippen molar-refractivity contribution < 1.29 is 27.1 Å². The predicted octanol–water partition coefficient (Wildman–Crippen LogP) is 5.36. The van der Waals surface area contributed by atoms with Gasteiger partial charge in [0.1, 0.15) is 11.6 Å². The van der Waals surface area contributed by atoms with Gasteiger partial charge in [0.2, 0.25) is 0 Å². The number of anilines is 1. The Kier molecular flexibility index (Phi) is 5.82. The zero-order valence-corrected chi connectivity index (χ0v) is 16.5. The normalized spacial score (nSPS) is 13.0. The van der Waals surface area contributed by atoms with E-state index in [0.717, 1.165) is 16.8 Å². The van der Waals surface area contributed by atoms with E-state index in [1.54, 1.807) is 19.1 Å². The van der Waals surface area contributed by atoms with Gasteiger partial charge in [-0.15, -0.1) is 0 Å². The van der Waals surface area contributed by atoms with Crippen LogP contribution in [0.25, 0.3) is 16.9 Å². The third-order valence-corrected chi connectivity index (χ3v) is 4.30. The Morgan fingerprint density at radius 3 is 2.50 bits per heavy atom. The first-order chi connectivity index (χ1) is 14.2. The molecule has 1 amide bonds. The van der Waals surface area contributed by atoms with Crippen LogP contribution in [0.2, 0.25) is 0 Å². The Balaban J connectivity index is 0.00000124. The first-order valence-electron chi connectivity index (χ1n) is 9.23. The quantitative estimate of drug-likeness (QED) is 0.567. The zero-order valence-electron chi connectivity index (χ0n) is 16.5. The van der Waals surface area contributed by atoms with Crippen molar-refractivity contribution in [1.82, 2.24) is 9.78 Å². The van der Waals surface area contributed by atoms with Crippen molar-refractivity contribution >= 4 is 11.6 Å². The molecule has 0 atom stereocenters. The van der Waals surface area contributed by atoms with Crippen LogP contribution in [0.1, 0.15) is 25.1 Å². The summed E-state index contributed by atoms with van der Waals surface area (Å²) in [4.78, 5) is 11.5. The van der Waals surface area contributed by atoms with Gasteiger partial charge in [0.05, 0.1) is 17.1 Å². The first-order valence-corrected chi connectivity index (χ1v) is 9.23. The Hall–Kier alpha value is -3.36. The Labute approximate surface area is 170 Å². The molecule has 0 fully saturated rings. The fourth-order valence-electron chi connectivity index (χ4n) is 3.01. The van der Waals surface area contributed by atoms with E-state index in [0.29, 0.717) is 28.3 Å². The molecular formula is C21H19F4N3O2. The highest BCUT2D eigenvalue weighted by molar-refractivity contribution is 5.96. The largest absolute Gasteiger partial charge is 0.482 e. The third-order valence-electron chi connectivity index (χ3n) is 4.30. The van der Waals surface area contributed by atoms with Gasteiger partial charge >= 0.3 is 6.18 Å². The Morgan fingerprint density at radius 2 is 1.83 bits per heavy atom. The van der Waals surface area contributed by atoms with E-state index < -0.39 is 17.7 Å². The Morgan fingerprint density at radius 1 is 1.10 bits per heavy atom. The molecule has 1 aromatic heterocycles. The monoisotopic (exact) mass is 421 g/mol. The molecule has 0 unspecified atom stereocenters. The highest BCUT2D eigenvalue weighted by atomic mass is 19.4. The summed E-state index contributed by atoms with van der Waals surface area (Å²) in [5.41, 5.74) is 0.536. The number of rotatable bonds is 2. The minimum Gasteiger partial charge on any atom is -0.482 e. The van der Waals surface area contributed by atoms with Gasteiger partial charge in [-0.3, -0.25) is 4.79 Å². The van der Waals surface area contributed by atoms with Gasteiger partial charge in [-0.05, 0) is 55.0 Å². The molecule has 0 saturated carbocycles. The lowest BCUT2D eigenvalue weighted by molar-refractivity contribution is -0.141. The van der Waals surface area contributed by atoms with Crippen molar-refractivity contribution in [3.8, 4) is 22.7 Å². The summed E-state index contributed by atoms with van der Waals surface area (Å²) in [7, 11) is 0. The van der Waals surface area contributed by atoms with E-state index >= 15 is 0 Å². The minimum absolute atomic E-state index is 0.128. The molecule has 158 valence electrons. The van der Waals surface area contributed by atoms with E-state index in [4.69, 9.17) is 4.74 Å². The fraction of sp³-hybridized carbons (Fsp3) is 0.238. The van der Waals surface area contributed by atoms with Crippen LogP contribution in [-0.4, -0.2) is 22.3 Å². The van der Waals surface area contributed by atoms with Crippen LogP contribution >= 0.6 is 0 Å². The van der Waals surface area contributed by atoms with E-state index in [1.165, 1.54) is 18.2 Å². The second-order valence-corrected chi connectivity index (χ2v) is 6.30. The Bertz CT molecular complexity index is 1090. The number of nitrogens with zero attached hydrogens (tertiary/aromatic N) is 2. The number of fused-ring (bicyclic) bond motifs is 1. The summed E-state index contributed by atoms with van der Waals surface area (Å²) in [6, 6.07) is 9.30. The van der Waals surface area contributed by atoms with Crippen LogP contribution in [0.3, 0.4) is 0 Å². The van der Waals surface area contributed by atoms with Gasteiger partial charge in [-0.1, -0.05) is 13.8 Å². The average molecular weight is 421 g/mol. The minimum atomic E-state index is -4.65. The molecule has 4 rings (SSSR count). The van der Waals surface area contributed by atoms with Crippen LogP contribution in [0.5, 0.6) is 5.75 Å². The van der Waals surface area contributed by atoms with E-state index in [-0.39, 0.29) is 18.2 Å². The van der Waals surface area contributed by atoms with Gasteiger partial charge in [-0.2, -0.15) is 18.3 Å². The van der Waals surface area contributed by atoms with Crippen LogP contribution in [-0.2, 0) is 11.0 Å². The predicted molar refractivity (Wildman–Crippen MR) is 104 cm³/mol. The molecule has 5 nitrogen and oxygen atoms in total. The number of aromatic nitrogens is 2. The van der Waals surface area contributed by atoms with Gasteiger partial charge in [-0.25, -0.2) is 9.07 Å². The second kappa shape index (κ2) is 8.17. The maximum absolute atomic E-state index is 13.4. The molecular weight excluding hydrogens is 402 g/mol. The van der Waals surface area contributed by atoms with E-state index in [2.05, 4.69) is 10.4 Å². The lowest BCUT2D eigenvalue weighted by Gasteiger charge is -2.19. The summed E-state index contributed by atoms with van der Waals surface area (Å²) in [6.45, 7) is 5.45. The highest BCUT2D eigenvalue weighted by Crippen LogP contribution is 2.37. The summed E-state index contributed by atoms with van der Waals surface area (Å²) in [6.07, 6.45) is -4.65. The van der Waals surface area contributed by atoms with E-state index in [1.807, 2.05) is 13.8 Å². The number of ether oxygens (including phenoxy) is 1. The topological polar surface area (TPSA) is 56.2 Å². The summed E-state index contributed by atoms with van der Waals surface area (Å²) >= 11 is 0. The molecule has 0 radical (unpaired) electrons. The third kappa shape index (κ3) is 4.14. The van der Waals surface area contributed by atoms with Crippen molar-refractivity contribution in [1.29, 1.82) is 0 Å². The number of carbonyl (C=O) groups excluding carboxylic acids is 1. The number of nitrogens with one attached hydrogen (secondary N) is 1. The number of hydrogen-bond acceptors (Lipinski definition) is 3. The molecule has 30 heavy (non-hydrogen) atoms. The van der Waals surface area contributed by atoms with E-state index in [9.17, 15) is 22.4 Å². The number of hydrogen-bond donors (Lipinski definition) is 1. The number of aryl methyl sites for hydroxylation is 1. The van der Waals surface area contributed by atoms with Gasteiger partial charge in [0.15, 0.2) is 12.3 Å². The van der Waals surface area contributed by atoms with Crippen molar-refractivity contribution in [2.24, 2.45) is 0 Å². The number of amides is 1. The zero-order chi connectivity index (χ0) is 22.1. The number of carbonyl (C=O) groups is 1. The molecule has 0 aliphatic carbocycles. The molecule has 0 spiro atoms. The molecule has 0 saturated heterocycles. The lowest BCUT2D eigenvalue weighted by atomic mass is 10.1. The number of halogens is 4. The summed E-state index contributed by atoms with van der Waals surface area (Å²) in [5, 5.41) is 6.32. The second-order valence-electron chi connectivity index (χ2n) is 6.30. The SMILES string of the molecule is CC.Cc1cc(F)ccc1-n1nc(C(F)(F)F)cc1-c1ccc2c(c1)NC(=O)CO2. The van der Waals surface area contributed by atoms with Crippen LogP contribution in [0, 0.1) is 12.7 Å². The highest BCUT2D eigenvalue weighted by Gasteiger charge is 2.35. The molecule has 1 aliphatic heterocycles. The van der Waals surface area contributed by atoms with Crippen LogP contribution < -0.4 is 10.1 Å². The van der Waals surface area contributed by atoms with Crippen LogP contribution in [0.15, 0.2) is 42.5 Å². The molecule has 2 heterocycles. The molecule has 3 aromatic rings. The maximum atomic E-state index is 13.4. The van der Waals surface area contributed by atoms with Crippen molar-refractivity contribution in [3.63, 3.8) is 0 Å². The lowest BCUT2D eigenvalue weighted by Crippen LogP contribution is -2.25. The summed E-state index contributed by atoms with van der Waals surface area (Å²) < 4.78 is 59.7. The maximum Gasteiger partial charge on any atom is 0.435 e. The molecule has 1 aliphatic rings. The van der Waals surface area contributed by atoms with Crippen molar-refractivity contribution in [2.45, 2.75) is 26.9 Å². The van der Waals surface area contributed by atoms with Gasteiger partial charge in [0, 0.05) is 5.56 Å². The first kappa shape index (κ1) is 21.4. The van der Waals surface area contributed by atoms with Crippen molar-refractivity contribution in [3.05, 3.63) is 59.5 Å². The van der Waals surface area contributed by atoms with Gasteiger partial charge in [0.25, 0.3) is 5.91 Å².